The average molecular weight is 353 g/mol. The first-order valence-corrected chi connectivity index (χ1v) is 8.95. The van der Waals surface area contributed by atoms with Gasteiger partial charge in [-0.3, -0.25) is 0 Å². The zero-order valence-electron chi connectivity index (χ0n) is 10.6. The van der Waals surface area contributed by atoms with E-state index in [0.717, 1.165) is 5.75 Å². The van der Waals surface area contributed by atoms with Crippen molar-refractivity contribution < 1.29 is 8.42 Å². The Kier molecular flexibility index (Phi) is 5.51. The molecule has 0 fully saturated rings. The number of halogens is 1. The molecule has 2 N–H and O–H groups in total. The molecule has 0 bridgehead atoms. The van der Waals surface area contributed by atoms with E-state index in [2.05, 4.69) is 15.9 Å². The van der Waals surface area contributed by atoms with Crippen LogP contribution in [0.15, 0.2) is 27.6 Å². The third-order valence-corrected chi connectivity index (χ3v) is 6.00. The van der Waals surface area contributed by atoms with Crippen LogP contribution in [0.4, 0.5) is 5.69 Å². The van der Waals surface area contributed by atoms with Gasteiger partial charge in [0.25, 0.3) is 0 Å². The van der Waals surface area contributed by atoms with Crippen molar-refractivity contribution in [3.63, 3.8) is 0 Å². The molecule has 7 heteroatoms. The van der Waals surface area contributed by atoms with Crippen molar-refractivity contribution in [2.75, 3.05) is 24.8 Å². The molecule has 1 rings (SSSR count). The second-order valence-electron chi connectivity index (χ2n) is 4.01. The fourth-order valence-corrected chi connectivity index (χ4v) is 4.28. The Morgan fingerprint density at radius 1 is 1.50 bits per heavy atom. The van der Waals surface area contributed by atoms with Crippen molar-refractivity contribution in [1.29, 1.82) is 0 Å². The molecule has 0 spiro atoms. The molecule has 0 saturated heterocycles. The molecule has 0 aliphatic rings. The molecular weight excluding hydrogens is 336 g/mol. The second kappa shape index (κ2) is 6.27. The third kappa shape index (κ3) is 3.40. The van der Waals surface area contributed by atoms with E-state index in [4.69, 9.17) is 5.73 Å². The summed E-state index contributed by atoms with van der Waals surface area (Å²) in [5.74, 6) is 0.740. The van der Waals surface area contributed by atoms with Gasteiger partial charge in [-0.1, -0.05) is 15.9 Å². The number of nitrogens with two attached hydrogens (primary N) is 1. The molecule has 102 valence electrons. The minimum atomic E-state index is -3.55. The Morgan fingerprint density at radius 2 is 2.11 bits per heavy atom. The average Bonchev–Trinajstić information content (AvgIpc) is 2.31. The van der Waals surface area contributed by atoms with Gasteiger partial charge in [0.05, 0.1) is 5.69 Å². The minimum Gasteiger partial charge on any atom is -0.398 e. The van der Waals surface area contributed by atoms with Crippen LogP contribution in [0.25, 0.3) is 0 Å². The smallest absolute Gasteiger partial charge is 0.245 e. The number of sulfonamides is 1. The number of nitrogen functional groups attached to an aromatic ring is 1. The quantitative estimate of drug-likeness (QED) is 0.826. The normalized spacial score (nSPS) is 13.8. The first-order chi connectivity index (χ1) is 8.30. The Labute approximate surface area is 121 Å². The van der Waals surface area contributed by atoms with Crippen LogP contribution in [-0.4, -0.2) is 37.8 Å². The summed E-state index contributed by atoms with van der Waals surface area (Å²) in [6, 6.07) is 4.76. The summed E-state index contributed by atoms with van der Waals surface area (Å²) in [6.07, 6.45) is 1.95. The lowest BCUT2D eigenvalue weighted by molar-refractivity contribution is 0.415. The van der Waals surface area contributed by atoms with E-state index in [9.17, 15) is 8.42 Å². The monoisotopic (exact) mass is 352 g/mol. The number of benzene rings is 1. The minimum absolute atomic E-state index is 0.0802. The number of rotatable bonds is 5. The van der Waals surface area contributed by atoms with Crippen LogP contribution in [0.2, 0.25) is 0 Å². The summed E-state index contributed by atoms with van der Waals surface area (Å²) >= 11 is 4.87. The van der Waals surface area contributed by atoms with Gasteiger partial charge in [-0.05, 0) is 31.4 Å². The maximum absolute atomic E-state index is 12.4. The Morgan fingerprint density at radius 3 is 2.67 bits per heavy atom. The third-order valence-electron chi connectivity index (χ3n) is 2.66. The predicted octanol–water partition coefficient (Wildman–Crippen LogP) is 2.40. The van der Waals surface area contributed by atoms with Crippen LogP contribution in [0.5, 0.6) is 0 Å². The summed E-state index contributed by atoms with van der Waals surface area (Å²) in [4.78, 5) is 0.146. The zero-order chi connectivity index (χ0) is 13.9. The first kappa shape index (κ1) is 15.8. The molecule has 0 radical (unpaired) electrons. The van der Waals surface area contributed by atoms with E-state index in [1.165, 1.54) is 10.4 Å². The maximum Gasteiger partial charge on any atom is 0.245 e. The molecule has 18 heavy (non-hydrogen) atoms. The number of anilines is 1. The van der Waals surface area contributed by atoms with Crippen molar-refractivity contribution in [3.05, 3.63) is 22.7 Å². The number of nitrogens with zero attached hydrogens (tertiary/aromatic N) is 1. The van der Waals surface area contributed by atoms with E-state index in [0.29, 0.717) is 4.47 Å². The zero-order valence-corrected chi connectivity index (χ0v) is 13.8. The number of hydrogen-bond donors (Lipinski definition) is 1. The largest absolute Gasteiger partial charge is 0.398 e. The van der Waals surface area contributed by atoms with Crippen LogP contribution in [-0.2, 0) is 10.0 Å². The summed E-state index contributed by atoms with van der Waals surface area (Å²) in [5, 5.41) is 0. The first-order valence-electron chi connectivity index (χ1n) is 5.32. The summed E-state index contributed by atoms with van der Waals surface area (Å²) < 4.78 is 26.9. The summed E-state index contributed by atoms with van der Waals surface area (Å²) in [5.41, 5.74) is 6.02. The Bertz CT molecular complexity index is 520. The lowest BCUT2D eigenvalue weighted by atomic mass is 10.3. The fourth-order valence-electron chi connectivity index (χ4n) is 1.47. The molecule has 0 amide bonds. The molecule has 0 aliphatic carbocycles. The molecule has 4 nitrogen and oxygen atoms in total. The van der Waals surface area contributed by atoms with Crippen LogP contribution < -0.4 is 5.73 Å². The van der Waals surface area contributed by atoms with Gasteiger partial charge < -0.3 is 5.73 Å². The van der Waals surface area contributed by atoms with Gasteiger partial charge in [-0.15, -0.1) is 0 Å². The molecule has 1 aromatic carbocycles. The van der Waals surface area contributed by atoms with Crippen molar-refractivity contribution in [3.8, 4) is 0 Å². The highest BCUT2D eigenvalue weighted by atomic mass is 79.9. The molecule has 1 unspecified atom stereocenters. The standard InChI is InChI=1S/C11H17BrN2O2S2/c1-8(7-17-3)14(2)18(15,16)11-6-9(12)4-5-10(11)13/h4-6,8H,7,13H2,1-3H3. The SMILES string of the molecule is CSCC(C)N(C)S(=O)(=O)c1cc(Br)ccc1N. The van der Waals surface area contributed by atoms with Gasteiger partial charge in [0, 0.05) is 23.3 Å². The van der Waals surface area contributed by atoms with Gasteiger partial charge in [0.15, 0.2) is 0 Å². The van der Waals surface area contributed by atoms with Gasteiger partial charge in [-0.25, -0.2) is 8.42 Å². The van der Waals surface area contributed by atoms with Crippen LogP contribution >= 0.6 is 27.7 Å². The van der Waals surface area contributed by atoms with E-state index in [1.54, 1.807) is 30.9 Å². The lowest BCUT2D eigenvalue weighted by Gasteiger charge is -2.24. The summed E-state index contributed by atoms with van der Waals surface area (Å²) in [6.45, 7) is 1.88. The van der Waals surface area contributed by atoms with Crippen molar-refractivity contribution in [2.24, 2.45) is 0 Å². The van der Waals surface area contributed by atoms with Gasteiger partial charge in [0.2, 0.25) is 10.0 Å². The fraction of sp³-hybridized carbons (Fsp3) is 0.455. The van der Waals surface area contributed by atoms with E-state index < -0.39 is 10.0 Å². The predicted molar refractivity (Wildman–Crippen MR) is 81.3 cm³/mol. The molecule has 1 aromatic rings. The Balaban J connectivity index is 3.17. The number of hydrogen-bond acceptors (Lipinski definition) is 4. The van der Waals surface area contributed by atoms with Crippen molar-refractivity contribution in [1.82, 2.24) is 4.31 Å². The lowest BCUT2D eigenvalue weighted by Crippen LogP contribution is -2.36. The van der Waals surface area contributed by atoms with E-state index in [1.807, 2.05) is 13.2 Å². The van der Waals surface area contributed by atoms with Crippen LogP contribution in [0, 0.1) is 0 Å². The Hall–Kier alpha value is -0.240. The molecule has 0 aliphatic heterocycles. The van der Waals surface area contributed by atoms with Crippen molar-refractivity contribution in [2.45, 2.75) is 17.9 Å². The van der Waals surface area contributed by atoms with E-state index >= 15 is 0 Å². The molecular formula is C11H17BrN2O2S2. The van der Waals surface area contributed by atoms with Crippen LogP contribution in [0.3, 0.4) is 0 Å². The topological polar surface area (TPSA) is 63.4 Å². The highest BCUT2D eigenvalue weighted by Gasteiger charge is 2.27. The van der Waals surface area contributed by atoms with Gasteiger partial charge in [-0.2, -0.15) is 16.1 Å². The molecule has 0 heterocycles. The van der Waals surface area contributed by atoms with Crippen molar-refractivity contribution >= 4 is 43.4 Å². The molecule has 1 atom stereocenters. The van der Waals surface area contributed by atoms with Crippen LogP contribution in [0.1, 0.15) is 6.92 Å². The van der Waals surface area contributed by atoms with Gasteiger partial charge >= 0.3 is 0 Å². The van der Waals surface area contributed by atoms with Gasteiger partial charge in [0.1, 0.15) is 4.90 Å². The summed E-state index contributed by atoms with van der Waals surface area (Å²) in [7, 11) is -1.97. The second-order valence-corrected chi connectivity index (χ2v) is 7.80. The number of thioether (sulfide) groups is 1. The molecule has 0 saturated carbocycles. The van der Waals surface area contributed by atoms with E-state index in [-0.39, 0.29) is 16.6 Å². The maximum atomic E-state index is 12.4. The highest BCUT2D eigenvalue weighted by Crippen LogP contribution is 2.26. The molecule has 0 aromatic heterocycles. The highest BCUT2D eigenvalue weighted by molar-refractivity contribution is 9.10.